The Bertz CT molecular complexity index is 138. The molecule has 0 spiro atoms. The number of rotatable bonds is 3. The van der Waals surface area contributed by atoms with Crippen LogP contribution in [0, 0.1) is 11.5 Å². The SMILES string of the molecule is CCC/C(=N/C#N)OCC. The average molecular weight is 140 g/mol. The lowest BCUT2D eigenvalue weighted by Gasteiger charge is -2.01. The summed E-state index contributed by atoms with van der Waals surface area (Å²) in [5.74, 6) is 0.549. The molecular formula is C7H12N2O. The smallest absolute Gasteiger partial charge is 0.208 e. The van der Waals surface area contributed by atoms with Crippen LogP contribution in [-0.4, -0.2) is 12.5 Å². The lowest BCUT2D eigenvalue weighted by atomic mass is 10.3. The van der Waals surface area contributed by atoms with Crippen molar-refractivity contribution in [2.45, 2.75) is 26.7 Å². The molecular weight excluding hydrogens is 128 g/mol. The largest absolute Gasteiger partial charge is 0.481 e. The first-order valence-corrected chi connectivity index (χ1v) is 3.43. The topological polar surface area (TPSA) is 45.4 Å². The van der Waals surface area contributed by atoms with E-state index in [0.717, 1.165) is 12.8 Å². The maximum absolute atomic E-state index is 8.17. The third-order valence-electron chi connectivity index (χ3n) is 0.950. The van der Waals surface area contributed by atoms with Gasteiger partial charge in [-0.25, -0.2) is 0 Å². The molecule has 0 bridgehead atoms. The van der Waals surface area contributed by atoms with E-state index in [-0.39, 0.29) is 0 Å². The first kappa shape index (κ1) is 8.96. The van der Waals surface area contributed by atoms with Crippen molar-refractivity contribution in [2.24, 2.45) is 4.99 Å². The van der Waals surface area contributed by atoms with Gasteiger partial charge in [-0.3, -0.25) is 0 Å². The Morgan fingerprint density at radius 2 is 2.30 bits per heavy atom. The molecule has 3 nitrogen and oxygen atoms in total. The van der Waals surface area contributed by atoms with Crippen molar-refractivity contribution in [2.75, 3.05) is 6.61 Å². The van der Waals surface area contributed by atoms with Crippen molar-refractivity contribution >= 4 is 5.90 Å². The van der Waals surface area contributed by atoms with Gasteiger partial charge in [-0.1, -0.05) is 6.92 Å². The van der Waals surface area contributed by atoms with Gasteiger partial charge in [0.25, 0.3) is 0 Å². The minimum atomic E-state index is 0.549. The molecule has 0 amide bonds. The number of hydrogen-bond donors (Lipinski definition) is 0. The molecule has 0 atom stereocenters. The van der Waals surface area contributed by atoms with E-state index in [0.29, 0.717) is 12.5 Å². The highest BCUT2D eigenvalue weighted by molar-refractivity contribution is 5.76. The number of nitrogens with zero attached hydrogens (tertiary/aromatic N) is 2. The van der Waals surface area contributed by atoms with Gasteiger partial charge in [0.15, 0.2) is 5.90 Å². The molecule has 0 unspecified atom stereocenters. The van der Waals surface area contributed by atoms with E-state index in [1.54, 1.807) is 6.19 Å². The fourth-order valence-electron chi connectivity index (χ4n) is 0.597. The lowest BCUT2D eigenvalue weighted by molar-refractivity contribution is 0.317. The summed E-state index contributed by atoms with van der Waals surface area (Å²) in [5, 5.41) is 8.17. The van der Waals surface area contributed by atoms with Gasteiger partial charge in [-0.05, 0) is 13.3 Å². The molecule has 0 N–H and O–H groups in total. The summed E-state index contributed by atoms with van der Waals surface area (Å²) < 4.78 is 5.05. The maximum atomic E-state index is 8.17. The molecule has 0 aliphatic heterocycles. The molecule has 3 heteroatoms. The van der Waals surface area contributed by atoms with Crippen LogP contribution in [0.25, 0.3) is 0 Å². The van der Waals surface area contributed by atoms with E-state index >= 15 is 0 Å². The number of ether oxygens (including phenoxy) is 1. The maximum Gasteiger partial charge on any atom is 0.208 e. The third-order valence-corrected chi connectivity index (χ3v) is 0.950. The summed E-state index contributed by atoms with van der Waals surface area (Å²) >= 11 is 0. The van der Waals surface area contributed by atoms with Crippen LogP contribution in [0.3, 0.4) is 0 Å². The highest BCUT2D eigenvalue weighted by Gasteiger charge is 1.95. The van der Waals surface area contributed by atoms with E-state index in [9.17, 15) is 0 Å². The zero-order valence-corrected chi connectivity index (χ0v) is 6.42. The predicted octanol–water partition coefficient (Wildman–Crippen LogP) is 1.70. The van der Waals surface area contributed by atoms with Gasteiger partial charge in [0, 0.05) is 6.42 Å². The van der Waals surface area contributed by atoms with Gasteiger partial charge in [-0.15, -0.1) is 4.99 Å². The molecule has 0 aromatic carbocycles. The second-order valence-electron chi connectivity index (χ2n) is 1.79. The molecule has 0 fully saturated rings. The highest BCUT2D eigenvalue weighted by atomic mass is 16.5. The Hall–Kier alpha value is -1.04. The van der Waals surface area contributed by atoms with Crippen molar-refractivity contribution in [1.82, 2.24) is 0 Å². The summed E-state index contributed by atoms with van der Waals surface area (Å²) in [6, 6.07) is 0. The number of nitriles is 1. The summed E-state index contributed by atoms with van der Waals surface area (Å²) in [6.45, 7) is 4.48. The van der Waals surface area contributed by atoms with Gasteiger partial charge in [0.1, 0.15) is 0 Å². The first-order chi connectivity index (χ1) is 4.85. The third kappa shape index (κ3) is 3.90. The summed E-state index contributed by atoms with van der Waals surface area (Å²) in [6.07, 6.45) is 3.41. The molecule has 0 aliphatic rings. The van der Waals surface area contributed by atoms with Crippen molar-refractivity contribution < 1.29 is 4.74 Å². The average Bonchev–Trinajstić information content (AvgIpc) is 1.90. The van der Waals surface area contributed by atoms with Gasteiger partial charge in [-0.2, -0.15) is 5.26 Å². The van der Waals surface area contributed by atoms with E-state index in [2.05, 4.69) is 4.99 Å². The minimum Gasteiger partial charge on any atom is -0.481 e. The summed E-state index contributed by atoms with van der Waals surface area (Å²) in [7, 11) is 0. The van der Waals surface area contributed by atoms with Crippen molar-refractivity contribution in [3.63, 3.8) is 0 Å². The van der Waals surface area contributed by atoms with Gasteiger partial charge in [0.05, 0.1) is 6.61 Å². The highest BCUT2D eigenvalue weighted by Crippen LogP contribution is 1.93. The van der Waals surface area contributed by atoms with Crippen LogP contribution in [0.1, 0.15) is 26.7 Å². The van der Waals surface area contributed by atoms with Crippen LogP contribution in [0.2, 0.25) is 0 Å². The second kappa shape index (κ2) is 6.09. The Morgan fingerprint density at radius 1 is 1.60 bits per heavy atom. The zero-order chi connectivity index (χ0) is 7.82. The Labute approximate surface area is 61.3 Å². The second-order valence-corrected chi connectivity index (χ2v) is 1.79. The normalized spacial score (nSPS) is 10.7. The summed E-state index contributed by atoms with van der Waals surface area (Å²) in [4.78, 5) is 3.50. The fraction of sp³-hybridized carbons (Fsp3) is 0.714. The number of hydrogen-bond acceptors (Lipinski definition) is 3. The zero-order valence-electron chi connectivity index (χ0n) is 6.42. The quantitative estimate of drug-likeness (QED) is 0.340. The number of aliphatic imine (C=N–C) groups is 1. The fourth-order valence-corrected chi connectivity index (χ4v) is 0.597. The monoisotopic (exact) mass is 140 g/mol. The van der Waals surface area contributed by atoms with Crippen LogP contribution in [-0.2, 0) is 4.74 Å². The molecule has 0 heterocycles. The minimum absolute atomic E-state index is 0.549. The Kier molecular flexibility index (Phi) is 5.45. The van der Waals surface area contributed by atoms with Gasteiger partial charge >= 0.3 is 0 Å². The Balaban J connectivity index is 3.75. The molecule has 56 valence electrons. The van der Waals surface area contributed by atoms with Crippen LogP contribution in [0.5, 0.6) is 0 Å². The van der Waals surface area contributed by atoms with Crippen molar-refractivity contribution in [3.8, 4) is 6.19 Å². The van der Waals surface area contributed by atoms with Gasteiger partial charge in [0.2, 0.25) is 6.19 Å². The lowest BCUT2D eigenvalue weighted by Crippen LogP contribution is -2.02. The Morgan fingerprint density at radius 3 is 2.70 bits per heavy atom. The summed E-state index contributed by atoms with van der Waals surface area (Å²) in [5.41, 5.74) is 0. The predicted molar refractivity (Wildman–Crippen MR) is 39.6 cm³/mol. The van der Waals surface area contributed by atoms with E-state index in [1.165, 1.54) is 0 Å². The van der Waals surface area contributed by atoms with Crippen LogP contribution < -0.4 is 0 Å². The molecule has 10 heavy (non-hydrogen) atoms. The van der Waals surface area contributed by atoms with E-state index in [4.69, 9.17) is 10.00 Å². The molecule has 0 saturated carbocycles. The standard InChI is InChI=1S/C7H12N2O/c1-3-5-7(9-6-8)10-4-2/h3-5H2,1-2H3/b9-7-. The molecule has 0 rings (SSSR count). The van der Waals surface area contributed by atoms with Crippen LogP contribution in [0.15, 0.2) is 4.99 Å². The van der Waals surface area contributed by atoms with E-state index < -0.39 is 0 Å². The van der Waals surface area contributed by atoms with Crippen LogP contribution in [0.4, 0.5) is 0 Å². The van der Waals surface area contributed by atoms with Gasteiger partial charge < -0.3 is 4.74 Å². The molecule has 0 saturated heterocycles. The van der Waals surface area contributed by atoms with Crippen molar-refractivity contribution in [3.05, 3.63) is 0 Å². The van der Waals surface area contributed by atoms with Crippen molar-refractivity contribution in [1.29, 1.82) is 5.26 Å². The molecule has 0 aromatic heterocycles. The molecule has 0 aliphatic carbocycles. The molecule has 0 aromatic rings. The van der Waals surface area contributed by atoms with Crippen LogP contribution >= 0.6 is 0 Å². The molecule has 0 radical (unpaired) electrons. The van der Waals surface area contributed by atoms with E-state index in [1.807, 2.05) is 13.8 Å². The first-order valence-electron chi connectivity index (χ1n) is 3.43.